The molecule has 0 nitrogen and oxygen atoms in total. The van der Waals surface area contributed by atoms with Gasteiger partial charge in [-0.2, -0.15) is 0 Å². The van der Waals surface area contributed by atoms with Crippen molar-refractivity contribution in [2.75, 3.05) is 12.0 Å². The van der Waals surface area contributed by atoms with E-state index in [0.29, 0.717) is 0 Å². The van der Waals surface area contributed by atoms with Crippen molar-refractivity contribution < 1.29 is 0 Å². The topological polar surface area (TPSA) is 0 Å². The van der Waals surface area contributed by atoms with E-state index in [0.717, 1.165) is 0 Å². The summed E-state index contributed by atoms with van der Waals surface area (Å²) in [5.41, 5.74) is 0. The Hall–Kier alpha value is 0.947. The molecule has 0 unspecified atom stereocenters. The molecule has 0 amide bonds. The van der Waals surface area contributed by atoms with Crippen molar-refractivity contribution in [1.29, 1.82) is 0 Å². The molecular formula is C9H19LiS. The van der Waals surface area contributed by atoms with E-state index in [9.17, 15) is 0 Å². The van der Waals surface area contributed by atoms with Crippen molar-refractivity contribution in [2.24, 2.45) is 0 Å². The second-order valence-electron chi connectivity index (χ2n) is 3.11. The summed E-state index contributed by atoms with van der Waals surface area (Å²) in [5.74, 6) is 1.35. The van der Waals surface area contributed by atoms with Gasteiger partial charge in [0.15, 0.2) is 0 Å². The first-order valence-electron chi connectivity index (χ1n) is 4.90. The van der Waals surface area contributed by atoms with Gasteiger partial charge in [0, 0.05) is 0 Å². The van der Waals surface area contributed by atoms with Crippen LogP contribution in [0.1, 0.15) is 38.5 Å². The fourth-order valence-corrected chi connectivity index (χ4v) is 1.70. The van der Waals surface area contributed by atoms with E-state index in [1.54, 1.807) is 0 Å². The van der Waals surface area contributed by atoms with E-state index in [1.165, 1.54) is 49.4 Å². The second-order valence-corrected chi connectivity index (χ2v) is 4.10. The average Bonchev–Trinajstić information content (AvgIpc) is 2.03. The molecule has 0 bridgehead atoms. The van der Waals surface area contributed by atoms with Crippen LogP contribution in [0.2, 0.25) is 5.09 Å². The molecule has 0 heterocycles. The van der Waals surface area contributed by atoms with Gasteiger partial charge >= 0.3 is 85.1 Å². The Balaban J connectivity index is 2.69. The Morgan fingerprint density at radius 2 is 1.45 bits per heavy atom. The normalized spacial score (nSPS) is 10.5. The van der Waals surface area contributed by atoms with Crippen LogP contribution in [-0.2, 0) is 0 Å². The third-order valence-electron chi connectivity index (χ3n) is 1.95. The molecule has 0 aromatic rings. The Labute approximate surface area is 85.1 Å². The fraction of sp³-hybridized carbons (Fsp3) is 1.00. The number of unbranched alkanes of at least 4 members (excludes halogenated alkanes) is 5. The second kappa shape index (κ2) is 10.9. The Morgan fingerprint density at radius 3 is 2.00 bits per heavy atom. The minimum atomic E-state index is 1.35. The quantitative estimate of drug-likeness (QED) is 0.394. The molecule has 0 saturated heterocycles. The molecule has 2 heteroatoms. The predicted molar refractivity (Wildman–Crippen MR) is 56.6 cm³/mol. The first-order chi connectivity index (χ1) is 5.41. The summed E-state index contributed by atoms with van der Waals surface area (Å²) in [5, 5.41) is 1.37. The van der Waals surface area contributed by atoms with Crippen LogP contribution in [0.15, 0.2) is 0 Å². The van der Waals surface area contributed by atoms with E-state index >= 15 is 0 Å². The third-order valence-corrected chi connectivity index (χ3v) is 2.65. The molecule has 0 atom stereocenters. The maximum absolute atomic E-state index is 2.27. The molecule has 11 heavy (non-hydrogen) atoms. The summed E-state index contributed by atoms with van der Waals surface area (Å²) < 4.78 is 0. The van der Waals surface area contributed by atoms with Crippen LogP contribution < -0.4 is 0 Å². The molecule has 0 aliphatic rings. The maximum atomic E-state index is 2.27. The average molecular weight is 166 g/mol. The molecular weight excluding hydrogens is 147 g/mol. The summed E-state index contributed by atoms with van der Waals surface area (Å²) in [4.78, 5) is 0. The zero-order valence-electron chi connectivity index (χ0n) is 8.07. The first-order valence-corrected chi connectivity index (χ1v) is 6.30. The van der Waals surface area contributed by atoms with Crippen LogP contribution in [0.3, 0.4) is 0 Å². The predicted octanol–water partition coefficient (Wildman–Crippen LogP) is 3.28. The minimum absolute atomic E-state index is 1.35. The van der Waals surface area contributed by atoms with Crippen molar-refractivity contribution in [3.05, 3.63) is 0 Å². The number of thioether (sulfide) groups is 1. The van der Waals surface area contributed by atoms with E-state index in [2.05, 4.69) is 24.0 Å². The van der Waals surface area contributed by atoms with Crippen LogP contribution in [0.4, 0.5) is 0 Å². The molecule has 0 N–H and O–H groups in total. The van der Waals surface area contributed by atoms with Gasteiger partial charge in [-0.25, -0.2) is 0 Å². The van der Waals surface area contributed by atoms with Crippen LogP contribution in [0.5, 0.6) is 0 Å². The number of hydrogen-bond donors (Lipinski definition) is 0. The molecule has 0 aliphatic carbocycles. The van der Waals surface area contributed by atoms with E-state index in [1.807, 2.05) is 11.8 Å². The van der Waals surface area contributed by atoms with Crippen LogP contribution >= 0.6 is 11.8 Å². The third kappa shape index (κ3) is 10.9. The van der Waals surface area contributed by atoms with Gasteiger partial charge in [0.05, 0.1) is 0 Å². The van der Waals surface area contributed by atoms with Gasteiger partial charge in [-0.15, -0.1) is 0 Å². The van der Waals surface area contributed by atoms with Gasteiger partial charge in [0.2, 0.25) is 0 Å². The van der Waals surface area contributed by atoms with Gasteiger partial charge in [-0.1, -0.05) is 0 Å². The zero-order valence-corrected chi connectivity index (χ0v) is 8.88. The van der Waals surface area contributed by atoms with Crippen molar-refractivity contribution in [3.8, 4) is 0 Å². The molecule has 0 radical (unpaired) electrons. The Bertz CT molecular complexity index is 58.6. The van der Waals surface area contributed by atoms with Crippen LogP contribution in [0, 0.1) is 0 Å². The SMILES string of the molecule is [Li][CH2]CCCCCCCSC. The molecule has 62 valence electrons. The van der Waals surface area contributed by atoms with E-state index in [4.69, 9.17) is 0 Å². The summed E-state index contributed by atoms with van der Waals surface area (Å²) >= 11 is 4.24. The molecule has 0 spiro atoms. The van der Waals surface area contributed by atoms with Crippen LogP contribution in [0.25, 0.3) is 0 Å². The monoisotopic (exact) mass is 166 g/mol. The summed E-state index contributed by atoms with van der Waals surface area (Å²) in [7, 11) is 0. The first kappa shape index (κ1) is 11.9. The molecule has 0 aliphatic heterocycles. The van der Waals surface area contributed by atoms with Crippen molar-refractivity contribution in [2.45, 2.75) is 43.6 Å². The molecule has 0 saturated carbocycles. The van der Waals surface area contributed by atoms with E-state index in [-0.39, 0.29) is 0 Å². The van der Waals surface area contributed by atoms with Crippen molar-refractivity contribution in [1.82, 2.24) is 0 Å². The number of hydrogen-bond acceptors (Lipinski definition) is 1. The summed E-state index contributed by atoms with van der Waals surface area (Å²) in [6.45, 7) is 0. The molecule has 0 fully saturated rings. The van der Waals surface area contributed by atoms with Gasteiger partial charge in [-0.05, 0) is 0 Å². The van der Waals surface area contributed by atoms with Gasteiger partial charge < -0.3 is 0 Å². The van der Waals surface area contributed by atoms with E-state index < -0.39 is 0 Å². The summed E-state index contributed by atoms with van der Waals surface area (Å²) in [6.07, 6.45) is 10.9. The standard InChI is InChI=1S/C9H19S.Li/c1-3-4-5-6-7-8-9-10-2;/h1,3-9H2,2H3;. The van der Waals surface area contributed by atoms with Gasteiger partial charge in [0.1, 0.15) is 0 Å². The molecule has 0 aromatic heterocycles. The van der Waals surface area contributed by atoms with Gasteiger partial charge in [0.25, 0.3) is 0 Å². The number of rotatable bonds is 8. The van der Waals surface area contributed by atoms with Crippen molar-refractivity contribution in [3.63, 3.8) is 0 Å². The van der Waals surface area contributed by atoms with Crippen LogP contribution in [-0.4, -0.2) is 29.7 Å². The fourth-order valence-electron chi connectivity index (χ4n) is 1.20. The molecule has 0 rings (SSSR count). The molecule has 0 aromatic carbocycles. The zero-order chi connectivity index (χ0) is 8.36. The Kier molecular flexibility index (Phi) is 11.9. The van der Waals surface area contributed by atoms with Crippen molar-refractivity contribution >= 4 is 29.5 Å². The summed E-state index contributed by atoms with van der Waals surface area (Å²) in [6, 6.07) is 0. The van der Waals surface area contributed by atoms with Gasteiger partial charge in [-0.3, -0.25) is 0 Å². The Morgan fingerprint density at radius 1 is 0.909 bits per heavy atom.